The maximum atomic E-state index is 12.0. The van der Waals surface area contributed by atoms with Crippen LogP contribution in [-0.2, 0) is 11.3 Å². The van der Waals surface area contributed by atoms with Gasteiger partial charge in [-0.25, -0.2) is 0 Å². The van der Waals surface area contributed by atoms with Gasteiger partial charge in [0, 0.05) is 6.54 Å². The number of nitrogens with zero attached hydrogens (tertiary/aromatic N) is 1. The lowest BCUT2D eigenvalue weighted by Gasteiger charge is -2.24. The van der Waals surface area contributed by atoms with Crippen LogP contribution in [0.15, 0.2) is 18.2 Å². The average molecular weight is 293 g/mol. The summed E-state index contributed by atoms with van der Waals surface area (Å²) in [6, 6.07) is 5.92. The Morgan fingerprint density at radius 2 is 2.20 bits per heavy atom. The third-order valence-corrected chi connectivity index (χ3v) is 4.95. The van der Waals surface area contributed by atoms with E-state index in [1.165, 1.54) is 12.8 Å². The van der Waals surface area contributed by atoms with Gasteiger partial charge in [0.1, 0.15) is 0 Å². The summed E-state index contributed by atoms with van der Waals surface area (Å²) in [5.41, 5.74) is 1.10. The minimum absolute atomic E-state index is 0.244. The van der Waals surface area contributed by atoms with Crippen molar-refractivity contribution < 1.29 is 14.3 Å². The molecule has 0 spiro atoms. The highest BCUT2D eigenvalue weighted by Gasteiger charge is 2.31. The molecule has 1 atom stereocenters. The Labute approximate surface area is 123 Å². The van der Waals surface area contributed by atoms with E-state index in [4.69, 9.17) is 9.47 Å². The fourth-order valence-corrected chi connectivity index (χ4v) is 3.75. The summed E-state index contributed by atoms with van der Waals surface area (Å²) in [7, 11) is 0. The number of carbonyl (C=O) groups excluding carboxylic acids is 1. The Kier molecular flexibility index (Phi) is 4.05. The van der Waals surface area contributed by atoms with E-state index in [2.05, 4.69) is 6.92 Å². The second kappa shape index (κ2) is 5.95. The summed E-state index contributed by atoms with van der Waals surface area (Å²) >= 11 is 1.76. The molecule has 0 radical (unpaired) electrons. The first-order valence-corrected chi connectivity index (χ1v) is 8.12. The predicted molar refractivity (Wildman–Crippen MR) is 78.9 cm³/mol. The fraction of sp³-hybridized carbons (Fsp3) is 0.533. The number of hydrogen-bond donors (Lipinski definition) is 0. The number of fused-ring (bicyclic) bond motifs is 1. The van der Waals surface area contributed by atoms with Gasteiger partial charge in [0.2, 0.25) is 12.7 Å². The highest BCUT2D eigenvalue weighted by molar-refractivity contribution is 8.00. The van der Waals surface area contributed by atoms with E-state index in [-0.39, 0.29) is 12.7 Å². The zero-order chi connectivity index (χ0) is 13.9. The van der Waals surface area contributed by atoms with Gasteiger partial charge in [-0.15, -0.1) is 11.8 Å². The first-order chi connectivity index (χ1) is 9.78. The maximum absolute atomic E-state index is 12.0. The van der Waals surface area contributed by atoms with Crippen LogP contribution in [0.5, 0.6) is 11.5 Å². The van der Waals surface area contributed by atoms with Crippen LogP contribution in [-0.4, -0.2) is 28.7 Å². The Bertz CT molecular complexity index is 506. The van der Waals surface area contributed by atoms with Crippen LogP contribution in [0.4, 0.5) is 0 Å². The van der Waals surface area contributed by atoms with Crippen molar-refractivity contribution in [3.63, 3.8) is 0 Å². The molecule has 20 heavy (non-hydrogen) atoms. The van der Waals surface area contributed by atoms with Gasteiger partial charge in [0.05, 0.1) is 11.1 Å². The van der Waals surface area contributed by atoms with Crippen LogP contribution in [0.25, 0.3) is 0 Å². The van der Waals surface area contributed by atoms with Crippen molar-refractivity contribution in [1.82, 2.24) is 4.90 Å². The zero-order valence-corrected chi connectivity index (χ0v) is 12.4. The van der Waals surface area contributed by atoms with E-state index in [0.717, 1.165) is 23.5 Å². The molecule has 1 saturated heterocycles. The molecule has 0 bridgehead atoms. The number of ether oxygens (including phenoxy) is 2. The second-order valence-electron chi connectivity index (χ2n) is 5.12. The van der Waals surface area contributed by atoms with Crippen molar-refractivity contribution in [1.29, 1.82) is 0 Å². The molecule has 4 nitrogen and oxygen atoms in total. The van der Waals surface area contributed by atoms with E-state index < -0.39 is 0 Å². The number of unbranched alkanes of at least 4 members (excludes halogenated alkanes) is 1. The van der Waals surface area contributed by atoms with Gasteiger partial charge in [-0.3, -0.25) is 4.79 Å². The average Bonchev–Trinajstić information content (AvgIpc) is 3.05. The smallest absolute Gasteiger partial charge is 0.233 e. The van der Waals surface area contributed by atoms with E-state index in [9.17, 15) is 4.79 Å². The van der Waals surface area contributed by atoms with Crippen molar-refractivity contribution in [2.24, 2.45) is 0 Å². The number of thioether (sulfide) groups is 1. The van der Waals surface area contributed by atoms with E-state index in [1.807, 2.05) is 23.1 Å². The number of carbonyl (C=O) groups is 1. The van der Waals surface area contributed by atoms with Crippen molar-refractivity contribution >= 4 is 17.7 Å². The monoisotopic (exact) mass is 293 g/mol. The van der Waals surface area contributed by atoms with Gasteiger partial charge < -0.3 is 14.4 Å². The first-order valence-electron chi connectivity index (χ1n) is 7.07. The van der Waals surface area contributed by atoms with Crippen molar-refractivity contribution in [3.8, 4) is 11.5 Å². The van der Waals surface area contributed by atoms with Crippen molar-refractivity contribution in [3.05, 3.63) is 23.8 Å². The van der Waals surface area contributed by atoms with Crippen LogP contribution >= 0.6 is 11.8 Å². The zero-order valence-electron chi connectivity index (χ0n) is 11.6. The van der Waals surface area contributed by atoms with E-state index in [1.54, 1.807) is 11.8 Å². The number of amides is 1. The number of benzene rings is 1. The summed E-state index contributed by atoms with van der Waals surface area (Å²) in [5, 5.41) is 0.327. The van der Waals surface area contributed by atoms with E-state index >= 15 is 0 Å². The highest BCUT2D eigenvalue weighted by Crippen LogP contribution is 2.35. The van der Waals surface area contributed by atoms with E-state index in [0.29, 0.717) is 17.7 Å². The van der Waals surface area contributed by atoms with Crippen molar-refractivity contribution in [2.45, 2.75) is 38.1 Å². The van der Waals surface area contributed by atoms with Gasteiger partial charge in [-0.05, 0) is 24.1 Å². The third kappa shape index (κ3) is 2.73. The highest BCUT2D eigenvalue weighted by atomic mass is 32.2. The molecule has 2 aliphatic heterocycles. The molecule has 108 valence electrons. The van der Waals surface area contributed by atoms with Gasteiger partial charge in [-0.1, -0.05) is 25.8 Å². The Hall–Kier alpha value is -1.36. The normalized spacial score (nSPS) is 20.8. The predicted octanol–water partition coefficient (Wildman–Crippen LogP) is 3.01. The van der Waals surface area contributed by atoms with Crippen LogP contribution in [0.2, 0.25) is 0 Å². The molecule has 1 aromatic carbocycles. The van der Waals surface area contributed by atoms with Gasteiger partial charge in [0.25, 0.3) is 0 Å². The molecule has 0 aromatic heterocycles. The minimum atomic E-state index is 0.244. The largest absolute Gasteiger partial charge is 0.454 e. The molecular formula is C15H19NO3S. The lowest BCUT2D eigenvalue weighted by atomic mass is 10.1. The molecule has 0 saturated carbocycles. The fourth-order valence-electron chi connectivity index (χ4n) is 2.54. The third-order valence-electron chi connectivity index (χ3n) is 3.66. The van der Waals surface area contributed by atoms with Crippen LogP contribution < -0.4 is 9.47 Å². The maximum Gasteiger partial charge on any atom is 0.233 e. The van der Waals surface area contributed by atoms with Gasteiger partial charge in [-0.2, -0.15) is 0 Å². The molecule has 1 aromatic rings. The molecule has 2 heterocycles. The second-order valence-corrected chi connectivity index (χ2v) is 6.28. The Morgan fingerprint density at radius 3 is 3.05 bits per heavy atom. The quantitative estimate of drug-likeness (QED) is 0.836. The molecule has 3 rings (SSSR count). The standard InChI is InChI=1S/C15H19NO3S/c1-2-3-4-15-16(14(17)9-20-15)8-11-5-6-12-13(7-11)19-10-18-12/h5-7,15H,2-4,8-10H2,1H3. The van der Waals surface area contributed by atoms with Gasteiger partial charge in [0.15, 0.2) is 11.5 Å². The first kappa shape index (κ1) is 13.6. The number of rotatable bonds is 5. The van der Waals surface area contributed by atoms with Crippen LogP contribution in [0.3, 0.4) is 0 Å². The molecule has 0 N–H and O–H groups in total. The van der Waals surface area contributed by atoms with Crippen molar-refractivity contribution in [2.75, 3.05) is 12.5 Å². The van der Waals surface area contributed by atoms with Crippen LogP contribution in [0, 0.1) is 0 Å². The SMILES string of the molecule is CCCCC1SCC(=O)N1Cc1ccc2c(c1)OCO2. The molecule has 1 fully saturated rings. The summed E-state index contributed by atoms with van der Waals surface area (Å²) in [5.74, 6) is 2.43. The Balaban J connectivity index is 1.70. The summed E-state index contributed by atoms with van der Waals surface area (Å²) in [6.07, 6.45) is 3.42. The Morgan fingerprint density at radius 1 is 1.35 bits per heavy atom. The lowest BCUT2D eigenvalue weighted by Crippen LogP contribution is -2.32. The molecule has 1 unspecified atom stereocenters. The lowest BCUT2D eigenvalue weighted by molar-refractivity contribution is -0.128. The molecule has 2 aliphatic rings. The topological polar surface area (TPSA) is 38.8 Å². The molecule has 5 heteroatoms. The summed E-state index contributed by atoms with van der Waals surface area (Å²) in [6.45, 7) is 3.14. The number of hydrogen-bond acceptors (Lipinski definition) is 4. The molecule has 0 aliphatic carbocycles. The summed E-state index contributed by atoms with van der Waals surface area (Å²) in [4.78, 5) is 14.0. The molecule has 1 amide bonds. The minimum Gasteiger partial charge on any atom is -0.454 e. The van der Waals surface area contributed by atoms with Gasteiger partial charge >= 0.3 is 0 Å². The molecular weight excluding hydrogens is 274 g/mol. The van der Waals surface area contributed by atoms with Crippen LogP contribution in [0.1, 0.15) is 31.7 Å². The summed E-state index contributed by atoms with van der Waals surface area (Å²) < 4.78 is 10.7.